The zero-order chi connectivity index (χ0) is 48.0. The van der Waals surface area contributed by atoms with E-state index in [0.29, 0.717) is 41.9 Å². The van der Waals surface area contributed by atoms with E-state index >= 15 is 0 Å². The van der Waals surface area contributed by atoms with Crippen LogP contribution < -0.4 is 9.47 Å². The summed E-state index contributed by atoms with van der Waals surface area (Å²) < 4.78 is 22.7. The van der Waals surface area contributed by atoms with Gasteiger partial charge in [0.15, 0.2) is 6.29 Å². The van der Waals surface area contributed by atoms with Crippen molar-refractivity contribution in [2.45, 2.75) is 170 Å². The van der Waals surface area contributed by atoms with Crippen LogP contribution in [-0.2, 0) is 25.6 Å². The van der Waals surface area contributed by atoms with Crippen LogP contribution in [-0.4, -0.2) is 71.6 Å². The van der Waals surface area contributed by atoms with E-state index in [1.54, 1.807) is 12.3 Å². The van der Waals surface area contributed by atoms with Gasteiger partial charge in [-0.2, -0.15) is 0 Å². The van der Waals surface area contributed by atoms with Crippen LogP contribution in [0.2, 0.25) is 0 Å². The monoisotopic (exact) mass is 920 g/mol. The number of ether oxygens (including phenoxy) is 4. The van der Waals surface area contributed by atoms with Gasteiger partial charge in [0.2, 0.25) is 0 Å². The van der Waals surface area contributed by atoms with Crippen molar-refractivity contribution in [3.63, 3.8) is 0 Å². The lowest BCUT2D eigenvalue weighted by atomic mass is 9.72. The average molecular weight is 920 g/mol. The van der Waals surface area contributed by atoms with E-state index in [0.717, 1.165) is 122 Å². The van der Waals surface area contributed by atoms with Gasteiger partial charge in [-0.3, -0.25) is 29.3 Å². The molecule has 10 heteroatoms. The van der Waals surface area contributed by atoms with Crippen molar-refractivity contribution in [1.29, 1.82) is 0 Å². The first-order valence-corrected chi connectivity index (χ1v) is 25.7. The number of hydrogen-bond acceptors (Lipinski definition) is 10. The number of pyridine rings is 2. The molecule has 0 bridgehead atoms. The first kappa shape index (κ1) is 51.8. The number of carbonyl (C=O) groups excluding carboxylic acids is 3. The summed E-state index contributed by atoms with van der Waals surface area (Å²) in [6.07, 6.45) is 22.2. The van der Waals surface area contributed by atoms with Crippen LogP contribution >= 0.6 is 0 Å². The van der Waals surface area contributed by atoms with E-state index in [1.807, 2.05) is 38.2 Å². The van der Waals surface area contributed by atoms with Gasteiger partial charge in [0.25, 0.3) is 0 Å². The molecule has 4 fully saturated rings. The molecular formula is C57H81N3O7. The smallest absolute Gasteiger partial charge is 0.309 e. The number of aldehydes is 1. The Morgan fingerprint density at radius 1 is 0.582 bits per heavy atom. The summed E-state index contributed by atoms with van der Waals surface area (Å²) in [5, 5.41) is 4.35. The molecule has 0 radical (unpaired) electrons. The van der Waals surface area contributed by atoms with Gasteiger partial charge in [-0.05, 0) is 174 Å². The van der Waals surface area contributed by atoms with Gasteiger partial charge in [0.05, 0.1) is 43.0 Å². The topological polar surface area (TPSA) is 117 Å². The van der Waals surface area contributed by atoms with Gasteiger partial charge in [-0.1, -0.05) is 72.9 Å². The summed E-state index contributed by atoms with van der Waals surface area (Å²) in [5.41, 5.74) is 2.34. The van der Waals surface area contributed by atoms with Gasteiger partial charge in [-0.25, -0.2) is 0 Å². The zero-order valence-corrected chi connectivity index (χ0v) is 42.2. The standard InChI is InChI=1S/C28H40N2O3.C20H25NO2.C9H16O2/c1-5-32-27(31)20-12-14-30(15-13-20)19-24-16-21-6-9-26(17-22(21)18-29-24)33-25-10-7-23(8-11-25)28(2,3)4;1-20(2,3)16-5-8-18(9-6-16)23-19-7-4-14-10-17(13-22)21-12-15(14)11-19;1-2-11-9(10)8-6-4-3-5-7-8/h6,9,16-18,20,23,25H,5,7-8,10-15,19H2,1-4H3;4,7,10-13,16,18H,5-6,8-9H2,1-3H3;8H,2-7H2,1H3. The molecule has 0 atom stereocenters. The number of fused-ring (bicyclic) bond motifs is 2. The van der Waals surface area contributed by atoms with Gasteiger partial charge in [0.1, 0.15) is 17.2 Å². The summed E-state index contributed by atoms with van der Waals surface area (Å²) in [6.45, 7) is 21.4. The molecule has 1 saturated heterocycles. The van der Waals surface area contributed by atoms with Crippen LogP contribution in [0.3, 0.4) is 0 Å². The molecule has 67 heavy (non-hydrogen) atoms. The van der Waals surface area contributed by atoms with Gasteiger partial charge < -0.3 is 18.9 Å². The van der Waals surface area contributed by atoms with E-state index in [4.69, 9.17) is 23.9 Å². The van der Waals surface area contributed by atoms with Gasteiger partial charge >= 0.3 is 11.9 Å². The molecule has 0 unspecified atom stereocenters. The van der Waals surface area contributed by atoms with Crippen LogP contribution in [0.5, 0.6) is 11.5 Å². The number of aromatic nitrogens is 2. The van der Waals surface area contributed by atoms with E-state index in [1.165, 1.54) is 50.3 Å². The summed E-state index contributed by atoms with van der Waals surface area (Å²) in [4.78, 5) is 45.2. The number of nitrogens with zero attached hydrogens (tertiary/aromatic N) is 3. The fourth-order valence-electron chi connectivity index (χ4n) is 10.5. The Morgan fingerprint density at radius 2 is 1.04 bits per heavy atom. The molecule has 366 valence electrons. The second kappa shape index (κ2) is 24.6. The van der Waals surface area contributed by atoms with Crippen LogP contribution in [0.25, 0.3) is 21.5 Å². The lowest BCUT2D eigenvalue weighted by Gasteiger charge is -2.37. The molecule has 3 saturated carbocycles. The Morgan fingerprint density at radius 3 is 1.51 bits per heavy atom. The summed E-state index contributed by atoms with van der Waals surface area (Å²) in [5.74, 6) is 3.69. The SMILES string of the molecule is CC(C)(C)C1CCC(Oc2ccc3cc(C=O)ncc3c2)CC1.CCOC(=O)C1CCCCC1.CCOC(=O)C1CCN(Cc2cc3ccc(OC4CCC(C(C)(C)C)CC4)cc3cn2)CC1. The number of rotatable bonds is 11. The number of likely N-dealkylation sites (tertiary alicyclic amines) is 1. The van der Waals surface area contributed by atoms with Crippen LogP contribution in [0.4, 0.5) is 0 Å². The second-order valence-electron chi connectivity index (χ2n) is 21.7. The van der Waals surface area contributed by atoms with Crippen molar-refractivity contribution < 1.29 is 33.3 Å². The first-order valence-electron chi connectivity index (χ1n) is 25.7. The van der Waals surface area contributed by atoms with E-state index < -0.39 is 0 Å². The van der Waals surface area contributed by atoms with Crippen LogP contribution in [0.15, 0.2) is 60.9 Å². The number of hydrogen-bond donors (Lipinski definition) is 0. The minimum atomic E-state index is -0.0405. The molecule has 4 aromatic rings. The molecule has 10 nitrogen and oxygen atoms in total. The largest absolute Gasteiger partial charge is 0.490 e. The Labute approximate surface area is 401 Å². The number of piperidine rings is 1. The molecule has 0 spiro atoms. The van der Waals surface area contributed by atoms with Gasteiger partial charge in [0, 0.05) is 29.7 Å². The van der Waals surface area contributed by atoms with Crippen molar-refractivity contribution in [2.75, 3.05) is 26.3 Å². The van der Waals surface area contributed by atoms with Gasteiger partial charge in [-0.15, -0.1) is 0 Å². The van der Waals surface area contributed by atoms with Crippen LogP contribution in [0, 0.1) is 34.5 Å². The minimum absolute atomic E-state index is 0.0206. The minimum Gasteiger partial charge on any atom is -0.490 e. The number of carbonyl (C=O) groups is 3. The molecule has 1 aliphatic heterocycles. The molecule has 2 aromatic heterocycles. The predicted molar refractivity (Wildman–Crippen MR) is 268 cm³/mol. The van der Waals surface area contributed by atoms with Crippen molar-refractivity contribution in [3.05, 3.63) is 72.3 Å². The Bertz CT molecular complexity index is 2180. The van der Waals surface area contributed by atoms with Crippen molar-refractivity contribution in [2.24, 2.45) is 34.5 Å². The molecule has 3 aliphatic carbocycles. The molecular weight excluding hydrogens is 839 g/mol. The van der Waals surface area contributed by atoms with Crippen molar-refractivity contribution in [3.8, 4) is 11.5 Å². The summed E-state index contributed by atoms with van der Waals surface area (Å²) in [7, 11) is 0. The lowest BCUT2D eigenvalue weighted by molar-refractivity contribution is -0.150. The van der Waals surface area contributed by atoms with E-state index in [9.17, 15) is 14.4 Å². The maximum Gasteiger partial charge on any atom is 0.309 e. The first-order chi connectivity index (χ1) is 32.1. The second-order valence-corrected chi connectivity index (χ2v) is 21.7. The molecule has 0 amide bonds. The summed E-state index contributed by atoms with van der Waals surface area (Å²) in [6, 6.07) is 16.4. The molecule has 4 aliphatic rings. The van der Waals surface area contributed by atoms with Crippen LogP contribution in [0.1, 0.15) is 168 Å². The highest BCUT2D eigenvalue weighted by atomic mass is 16.5. The Hall–Kier alpha value is -4.57. The normalized spacial score (nSPS) is 22.1. The Balaban J connectivity index is 0.000000188. The number of esters is 2. The highest BCUT2D eigenvalue weighted by Crippen LogP contribution is 2.40. The van der Waals surface area contributed by atoms with Crippen molar-refractivity contribution >= 4 is 39.8 Å². The molecule has 3 heterocycles. The third-order valence-corrected chi connectivity index (χ3v) is 14.8. The fraction of sp³-hybridized carbons (Fsp3) is 0.632. The molecule has 2 aromatic carbocycles. The van der Waals surface area contributed by atoms with Crippen molar-refractivity contribution in [1.82, 2.24) is 14.9 Å². The van der Waals surface area contributed by atoms with E-state index in [-0.39, 0.29) is 23.8 Å². The highest BCUT2D eigenvalue weighted by molar-refractivity contribution is 5.87. The fourth-order valence-corrected chi connectivity index (χ4v) is 10.5. The Kier molecular flexibility index (Phi) is 19.0. The highest BCUT2D eigenvalue weighted by Gasteiger charge is 2.32. The molecule has 0 N–H and O–H groups in total. The average Bonchev–Trinajstić information content (AvgIpc) is 3.32. The lowest BCUT2D eigenvalue weighted by Crippen LogP contribution is -2.36. The predicted octanol–water partition coefficient (Wildman–Crippen LogP) is 13.2. The maximum atomic E-state index is 12.0. The number of benzene rings is 2. The zero-order valence-electron chi connectivity index (χ0n) is 42.2. The molecule has 8 rings (SSSR count). The maximum absolute atomic E-state index is 12.0. The van der Waals surface area contributed by atoms with E-state index in [2.05, 4.69) is 75.7 Å². The third-order valence-electron chi connectivity index (χ3n) is 14.8. The quantitative estimate of drug-likeness (QED) is 0.106. The third kappa shape index (κ3) is 15.7. The summed E-state index contributed by atoms with van der Waals surface area (Å²) >= 11 is 0.